The van der Waals surface area contributed by atoms with Gasteiger partial charge in [0.15, 0.2) is 0 Å². The number of piperazine rings is 1. The maximum absolute atomic E-state index is 11.5. The Hall–Kier alpha value is 0.866. The van der Waals surface area contributed by atoms with Crippen LogP contribution in [0.2, 0.25) is 0 Å². The van der Waals surface area contributed by atoms with Crippen LogP contribution in [-0.2, 0) is 4.74 Å². The topological polar surface area (TPSA) is 43.6 Å². The van der Waals surface area contributed by atoms with E-state index in [9.17, 15) is 4.79 Å². The standard InChI is InChI=1S/C9H17N2O2.K/c1-9(2,3)13-8(12)11-6-4-10-5-7-11;/h4-7H2,1-3H3;/q-1;+1/i4D;. The Morgan fingerprint density at radius 3 is 2.64 bits per heavy atom. The summed E-state index contributed by atoms with van der Waals surface area (Å²) in [5, 5.41) is 3.98. The predicted molar refractivity (Wildman–Crippen MR) is 50.9 cm³/mol. The van der Waals surface area contributed by atoms with Gasteiger partial charge in [-0.15, -0.1) is 13.1 Å². The summed E-state index contributed by atoms with van der Waals surface area (Å²) < 4.78 is 12.6. The molecule has 0 bridgehead atoms. The van der Waals surface area contributed by atoms with Crippen LogP contribution in [0, 0.1) is 0 Å². The van der Waals surface area contributed by atoms with Gasteiger partial charge in [-0.3, -0.25) is 0 Å². The Morgan fingerprint density at radius 1 is 1.50 bits per heavy atom. The molecule has 1 saturated heterocycles. The van der Waals surface area contributed by atoms with Crippen molar-refractivity contribution >= 4 is 6.09 Å². The molecule has 0 aromatic carbocycles. The third-order valence-electron chi connectivity index (χ3n) is 1.58. The number of ether oxygens (including phenoxy) is 1. The molecule has 1 fully saturated rings. The van der Waals surface area contributed by atoms with E-state index in [1.54, 1.807) is 0 Å². The van der Waals surface area contributed by atoms with E-state index in [0.29, 0.717) is 19.6 Å². The fraction of sp³-hybridized carbons (Fsp3) is 0.889. The van der Waals surface area contributed by atoms with Crippen LogP contribution in [0.15, 0.2) is 0 Å². The summed E-state index contributed by atoms with van der Waals surface area (Å²) in [6.45, 7) is 6.41. The summed E-state index contributed by atoms with van der Waals surface area (Å²) in [6, 6.07) is 0. The molecule has 0 radical (unpaired) electrons. The van der Waals surface area contributed by atoms with Gasteiger partial charge < -0.3 is 15.0 Å². The first-order valence-electron chi connectivity index (χ1n) is 5.03. The summed E-state index contributed by atoms with van der Waals surface area (Å²) in [5.41, 5.74) is -0.469. The minimum absolute atomic E-state index is 0. The Labute approximate surface area is 130 Å². The van der Waals surface area contributed by atoms with Gasteiger partial charge in [0.2, 0.25) is 0 Å². The van der Waals surface area contributed by atoms with Crippen LogP contribution in [0.25, 0.3) is 5.32 Å². The second-order valence-electron chi connectivity index (χ2n) is 4.02. The molecule has 0 spiro atoms. The van der Waals surface area contributed by atoms with Gasteiger partial charge in [-0.1, -0.05) is 0 Å². The molecule has 1 rings (SSSR count). The quantitative estimate of drug-likeness (QED) is 0.477. The van der Waals surface area contributed by atoms with Crippen molar-refractivity contribution in [2.75, 3.05) is 26.2 Å². The molecule has 0 aliphatic carbocycles. The van der Waals surface area contributed by atoms with Crippen molar-refractivity contribution in [1.29, 1.82) is 0 Å². The Balaban J connectivity index is 0.00000196. The van der Waals surface area contributed by atoms with Crippen molar-refractivity contribution in [3.8, 4) is 0 Å². The van der Waals surface area contributed by atoms with Crippen LogP contribution in [0.4, 0.5) is 4.79 Å². The van der Waals surface area contributed by atoms with Gasteiger partial charge in [-0.05, 0) is 20.8 Å². The van der Waals surface area contributed by atoms with E-state index in [1.807, 2.05) is 20.8 Å². The van der Waals surface area contributed by atoms with Crippen molar-refractivity contribution in [3.63, 3.8) is 0 Å². The SMILES string of the molecule is [2H]C1CN(C(=O)OC(C)(C)C)CC[N-]1.[K+]. The molecular formula is C9H17KN2O2. The van der Waals surface area contributed by atoms with E-state index in [1.165, 1.54) is 4.90 Å². The minimum Gasteiger partial charge on any atom is -0.659 e. The predicted octanol–water partition coefficient (Wildman–Crippen LogP) is -1.39. The van der Waals surface area contributed by atoms with E-state index in [-0.39, 0.29) is 57.5 Å². The Kier molecular flexibility index (Phi) is 5.96. The molecule has 14 heavy (non-hydrogen) atoms. The second kappa shape index (κ2) is 6.45. The van der Waals surface area contributed by atoms with Crippen LogP contribution in [0.3, 0.4) is 0 Å². The van der Waals surface area contributed by atoms with E-state index in [4.69, 9.17) is 6.11 Å². The van der Waals surface area contributed by atoms with Gasteiger partial charge in [0.05, 0.1) is 0 Å². The molecule has 0 aromatic heterocycles. The Morgan fingerprint density at radius 2 is 2.14 bits per heavy atom. The number of amides is 1. The molecule has 1 heterocycles. The zero-order valence-electron chi connectivity index (χ0n) is 10.4. The summed E-state index contributed by atoms with van der Waals surface area (Å²) in [6.07, 6.45) is -0.343. The largest absolute Gasteiger partial charge is 1.00 e. The normalized spacial score (nSPS) is 23.5. The van der Waals surface area contributed by atoms with Crippen molar-refractivity contribution in [2.24, 2.45) is 0 Å². The molecule has 76 valence electrons. The van der Waals surface area contributed by atoms with Gasteiger partial charge in [0.1, 0.15) is 5.60 Å². The molecule has 0 saturated carbocycles. The summed E-state index contributed by atoms with van der Waals surface area (Å²) in [7, 11) is 0. The van der Waals surface area contributed by atoms with Crippen LogP contribution >= 0.6 is 0 Å². The molecule has 0 N–H and O–H groups in total. The second-order valence-corrected chi connectivity index (χ2v) is 4.02. The Bertz CT molecular complexity index is 221. The average molecular weight is 225 g/mol. The molecule has 1 atom stereocenters. The monoisotopic (exact) mass is 225 g/mol. The third kappa shape index (κ3) is 5.68. The molecule has 1 aliphatic rings. The average Bonchev–Trinajstić information content (AvgIpc) is 2.01. The first kappa shape index (κ1) is 12.9. The van der Waals surface area contributed by atoms with Crippen molar-refractivity contribution < 1.29 is 62.3 Å². The zero-order valence-corrected chi connectivity index (χ0v) is 12.5. The molecule has 1 amide bonds. The van der Waals surface area contributed by atoms with Gasteiger partial charge in [0, 0.05) is 14.5 Å². The maximum Gasteiger partial charge on any atom is 1.00 e. The first-order chi connectivity index (χ1) is 6.38. The van der Waals surface area contributed by atoms with E-state index in [2.05, 4.69) is 5.32 Å². The van der Waals surface area contributed by atoms with Crippen LogP contribution in [0.5, 0.6) is 0 Å². The van der Waals surface area contributed by atoms with E-state index < -0.39 is 12.1 Å². The smallest absolute Gasteiger partial charge is 0.659 e. The van der Waals surface area contributed by atoms with Gasteiger partial charge in [-0.25, -0.2) is 4.79 Å². The van der Waals surface area contributed by atoms with E-state index in [0.717, 1.165) is 0 Å². The fourth-order valence-electron chi connectivity index (χ4n) is 1.01. The molecule has 1 unspecified atom stereocenters. The maximum atomic E-state index is 11.5. The number of carbonyl (C=O) groups excluding carboxylic acids is 1. The van der Waals surface area contributed by atoms with Gasteiger partial charge in [0.25, 0.3) is 0 Å². The van der Waals surface area contributed by atoms with Crippen LogP contribution < -0.4 is 51.4 Å². The van der Waals surface area contributed by atoms with Crippen LogP contribution in [-0.4, -0.2) is 42.7 Å². The number of hydrogen-bond donors (Lipinski definition) is 0. The first-order valence-corrected chi connectivity index (χ1v) is 4.45. The fourth-order valence-corrected chi connectivity index (χ4v) is 1.01. The van der Waals surface area contributed by atoms with Crippen molar-refractivity contribution in [3.05, 3.63) is 5.32 Å². The summed E-state index contributed by atoms with van der Waals surface area (Å²) >= 11 is 0. The molecular weight excluding hydrogens is 207 g/mol. The van der Waals surface area contributed by atoms with Gasteiger partial charge >= 0.3 is 57.5 Å². The minimum atomic E-state index is -0.517. The summed E-state index contributed by atoms with van der Waals surface area (Å²) in [4.78, 5) is 13.1. The molecule has 0 aromatic rings. The number of carbonyl (C=O) groups is 1. The van der Waals surface area contributed by atoms with Crippen molar-refractivity contribution in [2.45, 2.75) is 26.4 Å². The zero-order chi connectivity index (χ0) is 10.8. The van der Waals surface area contributed by atoms with Gasteiger partial charge in [-0.2, -0.15) is 0 Å². The number of hydrogen-bond acceptors (Lipinski definition) is 2. The number of rotatable bonds is 0. The third-order valence-corrected chi connectivity index (χ3v) is 1.58. The molecule has 1 aliphatic heterocycles. The van der Waals surface area contributed by atoms with Crippen LogP contribution in [0.1, 0.15) is 22.1 Å². The summed E-state index contributed by atoms with van der Waals surface area (Å²) in [5.74, 6) is 0. The van der Waals surface area contributed by atoms with Crippen molar-refractivity contribution in [1.82, 2.24) is 4.90 Å². The van der Waals surface area contributed by atoms with E-state index >= 15 is 0 Å². The molecule has 5 heteroatoms. The number of nitrogens with zero attached hydrogens (tertiary/aromatic N) is 2. The molecule has 4 nitrogen and oxygen atoms in total.